The van der Waals surface area contributed by atoms with Crippen LogP contribution in [0.1, 0.15) is 31.2 Å². The van der Waals surface area contributed by atoms with E-state index in [1.807, 2.05) is 41.1 Å². The van der Waals surface area contributed by atoms with Gasteiger partial charge in [0.1, 0.15) is 0 Å². The number of carbonyl (C=O) groups is 2. The SMILES string of the molecule is CN(Cc1ccccc1Br)C(=O)[C@H]1CCCN(C(=O)N2CCCC2)C1. The fraction of sp³-hybridized carbons (Fsp3) is 0.579. The van der Waals surface area contributed by atoms with Gasteiger partial charge in [0.25, 0.3) is 0 Å². The summed E-state index contributed by atoms with van der Waals surface area (Å²) in [4.78, 5) is 31.1. The number of carbonyl (C=O) groups excluding carboxylic acids is 2. The second-order valence-electron chi connectivity index (χ2n) is 7.05. The molecule has 5 nitrogen and oxygen atoms in total. The number of piperidine rings is 1. The van der Waals surface area contributed by atoms with E-state index in [1.165, 1.54) is 0 Å². The zero-order chi connectivity index (χ0) is 17.8. The van der Waals surface area contributed by atoms with E-state index in [2.05, 4.69) is 15.9 Å². The van der Waals surface area contributed by atoms with E-state index >= 15 is 0 Å². The average Bonchev–Trinajstić information content (AvgIpc) is 3.17. The van der Waals surface area contributed by atoms with Crippen molar-refractivity contribution < 1.29 is 9.59 Å². The first kappa shape index (κ1) is 18.2. The van der Waals surface area contributed by atoms with Gasteiger partial charge in [0.15, 0.2) is 0 Å². The molecule has 0 saturated carbocycles. The van der Waals surface area contributed by atoms with Crippen molar-refractivity contribution in [3.8, 4) is 0 Å². The Labute approximate surface area is 158 Å². The molecule has 6 heteroatoms. The average molecular weight is 408 g/mol. The monoisotopic (exact) mass is 407 g/mol. The molecule has 2 aliphatic heterocycles. The van der Waals surface area contributed by atoms with Gasteiger partial charge in [-0.05, 0) is 37.3 Å². The van der Waals surface area contributed by atoms with E-state index in [4.69, 9.17) is 0 Å². The van der Waals surface area contributed by atoms with Crippen molar-refractivity contribution in [1.82, 2.24) is 14.7 Å². The first-order chi connectivity index (χ1) is 12.1. The maximum absolute atomic E-state index is 12.9. The summed E-state index contributed by atoms with van der Waals surface area (Å²) in [6.45, 7) is 3.62. The van der Waals surface area contributed by atoms with E-state index in [1.54, 1.807) is 4.90 Å². The second-order valence-corrected chi connectivity index (χ2v) is 7.90. The van der Waals surface area contributed by atoms with Gasteiger partial charge in [0, 0.05) is 44.2 Å². The molecule has 0 radical (unpaired) electrons. The van der Waals surface area contributed by atoms with Gasteiger partial charge in [-0.25, -0.2) is 4.79 Å². The highest BCUT2D eigenvalue weighted by Crippen LogP contribution is 2.23. The van der Waals surface area contributed by atoms with Crippen LogP contribution in [-0.2, 0) is 11.3 Å². The Bertz CT molecular complexity index is 631. The number of amides is 3. The molecule has 0 aliphatic carbocycles. The van der Waals surface area contributed by atoms with Crippen LogP contribution in [0, 0.1) is 5.92 Å². The fourth-order valence-corrected chi connectivity index (χ4v) is 4.14. The molecule has 3 rings (SSSR count). The van der Waals surface area contributed by atoms with E-state index in [0.29, 0.717) is 13.1 Å². The number of halogens is 1. The standard InChI is InChI=1S/C19H26BrN3O2/c1-21(13-15-7-2-3-9-17(15)20)18(24)16-8-6-12-23(14-16)19(25)22-10-4-5-11-22/h2-3,7,9,16H,4-6,8,10-14H2,1H3/t16-/m0/s1. The van der Waals surface area contributed by atoms with Crippen LogP contribution in [-0.4, -0.2) is 59.9 Å². The zero-order valence-electron chi connectivity index (χ0n) is 14.8. The Morgan fingerprint density at radius 2 is 1.80 bits per heavy atom. The predicted octanol–water partition coefficient (Wildman–Crippen LogP) is 3.34. The van der Waals surface area contributed by atoms with Crippen LogP contribution in [0.25, 0.3) is 0 Å². The number of benzene rings is 1. The fourth-order valence-electron chi connectivity index (χ4n) is 3.73. The highest BCUT2D eigenvalue weighted by Gasteiger charge is 2.32. The minimum atomic E-state index is -0.0900. The molecule has 2 aliphatic rings. The molecule has 0 aromatic heterocycles. The molecule has 0 bridgehead atoms. The van der Waals surface area contributed by atoms with Gasteiger partial charge in [0.05, 0.1) is 5.92 Å². The van der Waals surface area contributed by atoms with Crippen LogP contribution in [0.4, 0.5) is 4.79 Å². The van der Waals surface area contributed by atoms with Crippen molar-refractivity contribution in [2.75, 3.05) is 33.2 Å². The lowest BCUT2D eigenvalue weighted by molar-refractivity contribution is -0.136. The summed E-state index contributed by atoms with van der Waals surface area (Å²) >= 11 is 3.54. The molecule has 1 aromatic carbocycles. The lowest BCUT2D eigenvalue weighted by atomic mass is 9.96. The van der Waals surface area contributed by atoms with Gasteiger partial charge in [-0.1, -0.05) is 34.1 Å². The molecule has 2 heterocycles. The lowest BCUT2D eigenvalue weighted by Crippen LogP contribution is -2.49. The van der Waals surface area contributed by atoms with Crippen LogP contribution >= 0.6 is 15.9 Å². The number of likely N-dealkylation sites (tertiary alicyclic amines) is 2. The second kappa shape index (κ2) is 8.21. The first-order valence-electron chi connectivity index (χ1n) is 9.08. The van der Waals surface area contributed by atoms with E-state index in [0.717, 1.165) is 55.4 Å². The molecule has 25 heavy (non-hydrogen) atoms. The summed E-state index contributed by atoms with van der Waals surface area (Å²) in [7, 11) is 1.85. The Kier molecular flexibility index (Phi) is 5.99. The molecule has 136 valence electrons. The molecule has 1 atom stereocenters. The maximum Gasteiger partial charge on any atom is 0.320 e. The van der Waals surface area contributed by atoms with Gasteiger partial charge in [-0.2, -0.15) is 0 Å². The minimum absolute atomic E-state index is 0.0900. The van der Waals surface area contributed by atoms with Crippen LogP contribution in [0.2, 0.25) is 0 Å². The Balaban J connectivity index is 1.59. The molecular formula is C19H26BrN3O2. The summed E-state index contributed by atoms with van der Waals surface area (Å²) in [5, 5.41) is 0. The van der Waals surface area contributed by atoms with Gasteiger partial charge in [-0.15, -0.1) is 0 Å². The third kappa shape index (κ3) is 4.35. The normalized spacial score (nSPS) is 20.6. The molecule has 2 fully saturated rings. The largest absolute Gasteiger partial charge is 0.341 e. The van der Waals surface area contributed by atoms with E-state index in [-0.39, 0.29) is 17.9 Å². The Morgan fingerprint density at radius 1 is 1.12 bits per heavy atom. The van der Waals surface area contributed by atoms with Crippen molar-refractivity contribution in [2.24, 2.45) is 5.92 Å². The summed E-state index contributed by atoms with van der Waals surface area (Å²) in [5.41, 5.74) is 1.10. The van der Waals surface area contributed by atoms with Gasteiger partial charge in [-0.3, -0.25) is 4.79 Å². The highest BCUT2D eigenvalue weighted by atomic mass is 79.9. The van der Waals surface area contributed by atoms with Crippen molar-refractivity contribution in [2.45, 2.75) is 32.2 Å². The van der Waals surface area contributed by atoms with Gasteiger partial charge in [0.2, 0.25) is 5.91 Å². The Morgan fingerprint density at radius 3 is 2.52 bits per heavy atom. The summed E-state index contributed by atoms with van der Waals surface area (Å²) < 4.78 is 1.02. The number of nitrogens with zero attached hydrogens (tertiary/aromatic N) is 3. The third-order valence-electron chi connectivity index (χ3n) is 5.16. The number of urea groups is 1. The van der Waals surface area contributed by atoms with Crippen molar-refractivity contribution >= 4 is 27.9 Å². The molecular weight excluding hydrogens is 382 g/mol. The van der Waals surface area contributed by atoms with Crippen LogP contribution in [0.5, 0.6) is 0 Å². The summed E-state index contributed by atoms with van der Waals surface area (Å²) in [6.07, 6.45) is 3.95. The molecule has 0 spiro atoms. The van der Waals surface area contributed by atoms with E-state index < -0.39 is 0 Å². The molecule has 2 saturated heterocycles. The minimum Gasteiger partial charge on any atom is -0.341 e. The highest BCUT2D eigenvalue weighted by molar-refractivity contribution is 9.10. The van der Waals surface area contributed by atoms with Crippen LogP contribution in [0.3, 0.4) is 0 Å². The Hall–Kier alpha value is -1.56. The third-order valence-corrected chi connectivity index (χ3v) is 5.93. The van der Waals surface area contributed by atoms with Gasteiger partial charge < -0.3 is 14.7 Å². The topological polar surface area (TPSA) is 43.9 Å². The van der Waals surface area contributed by atoms with E-state index in [9.17, 15) is 9.59 Å². The van der Waals surface area contributed by atoms with Crippen LogP contribution < -0.4 is 0 Å². The maximum atomic E-state index is 12.9. The summed E-state index contributed by atoms with van der Waals surface area (Å²) in [5.74, 6) is 0.0439. The molecule has 1 aromatic rings. The molecule has 0 N–H and O–H groups in total. The van der Waals surface area contributed by atoms with Crippen LogP contribution in [0.15, 0.2) is 28.7 Å². The summed E-state index contributed by atoms with van der Waals surface area (Å²) in [6, 6.07) is 8.08. The smallest absolute Gasteiger partial charge is 0.320 e. The van der Waals surface area contributed by atoms with Gasteiger partial charge >= 0.3 is 6.03 Å². The number of hydrogen-bond acceptors (Lipinski definition) is 2. The lowest BCUT2D eigenvalue weighted by Gasteiger charge is -2.36. The zero-order valence-corrected chi connectivity index (χ0v) is 16.4. The number of hydrogen-bond donors (Lipinski definition) is 0. The molecule has 3 amide bonds. The molecule has 0 unspecified atom stereocenters. The van der Waals surface area contributed by atoms with Crippen molar-refractivity contribution in [1.29, 1.82) is 0 Å². The number of rotatable bonds is 3. The van der Waals surface area contributed by atoms with Crippen molar-refractivity contribution in [3.63, 3.8) is 0 Å². The predicted molar refractivity (Wildman–Crippen MR) is 101 cm³/mol. The quantitative estimate of drug-likeness (QED) is 0.770. The van der Waals surface area contributed by atoms with Crippen molar-refractivity contribution in [3.05, 3.63) is 34.3 Å². The first-order valence-corrected chi connectivity index (χ1v) is 9.88.